The fraction of sp³-hybridized carbons (Fsp3) is 0.231. The third-order valence-electron chi connectivity index (χ3n) is 5.90. The van der Waals surface area contributed by atoms with Crippen molar-refractivity contribution in [2.75, 3.05) is 11.1 Å². The summed E-state index contributed by atoms with van der Waals surface area (Å²) in [6.07, 6.45) is 0.678. The lowest BCUT2D eigenvalue weighted by molar-refractivity contribution is -0.113. The number of hydrogen-bond donors (Lipinski definition) is 2. The number of benzene rings is 2. The van der Waals surface area contributed by atoms with Crippen LogP contribution in [0.2, 0.25) is 0 Å². The number of hydrogen-bond acceptors (Lipinski definition) is 5. The van der Waals surface area contributed by atoms with Gasteiger partial charge >= 0.3 is 5.69 Å². The van der Waals surface area contributed by atoms with Crippen LogP contribution in [-0.4, -0.2) is 31.0 Å². The van der Waals surface area contributed by atoms with Crippen molar-refractivity contribution >= 4 is 23.5 Å². The Morgan fingerprint density at radius 3 is 2.37 bits per heavy atom. The fourth-order valence-corrected chi connectivity index (χ4v) is 4.66. The molecule has 0 fully saturated rings. The van der Waals surface area contributed by atoms with Gasteiger partial charge in [-0.1, -0.05) is 72.4 Å². The number of thioether (sulfide) groups is 1. The molecular formula is C26H26N6O2S. The number of nitriles is 1. The first kappa shape index (κ1) is 24.1. The molecular weight excluding hydrogens is 460 g/mol. The molecule has 2 aromatic carbocycles. The average Bonchev–Trinajstić information content (AvgIpc) is 3.34. The van der Waals surface area contributed by atoms with Gasteiger partial charge in [-0.05, 0) is 37.0 Å². The summed E-state index contributed by atoms with van der Waals surface area (Å²) >= 11 is 1.18. The molecule has 35 heavy (non-hydrogen) atoms. The van der Waals surface area contributed by atoms with Crippen LogP contribution in [0.15, 0.2) is 70.6 Å². The quantitative estimate of drug-likeness (QED) is 0.349. The van der Waals surface area contributed by atoms with Gasteiger partial charge < -0.3 is 9.88 Å². The summed E-state index contributed by atoms with van der Waals surface area (Å²) in [5.41, 5.74) is 4.10. The summed E-state index contributed by atoms with van der Waals surface area (Å²) in [5.74, 6) is 0.263. The highest BCUT2D eigenvalue weighted by atomic mass is 32.2. The predicted molar refractivity (Wildman–Crippen MR) is 137 cm³/mol. The van der Waals surface area contributed by atoms with Crippen LogP contribution in [0.3, 0.4) is 0 Å². The number of nitrogens with zero attached hydrogens (tertiary/aromatic N) is 4. The van der Waals surface area contributed by atoms with Gasteiger partial charge in [0.05, 0.1) is 11.3 Å². The molecule has 2 N–H and O–H groups in total. The number of carbonyl (C=O) groups excluding carboxylic acids is 1. The minimum atomic E-state index is -0.307. The zero-order valence-electron chi connectivity index (χ0n) is 19.6. The summed E-state index contributed by atoms with van der Waals surface area (Å²) in [7, 11) is 0. The highest BCUT2D eigenvalue weighted by Crippen LogP contribution is 2.28. The number of carbonyl (C=O) groups is 1. The van der Waals surface area contributed by atoms with Gasteiger partial charge in [0.15, 0.2) is 5.16 Å². The van der Waals surface area contributed by atoms with Gasteiger partial charge in [-0.3, -0.25) is 9.36 Å². The lowest BCUT2D eigenvalue weighted by atomic mass is 10.1. The molecule has 8 nitrogen and oxygen atoms in total. The minimum absolute atomic E-state index is 0.0507. The maximum atomic E-state index is 12.9. The lowest BCUT2D eigenvalue weighted by Crippen LogP contribution is -2.21. The predicted octanol–water partition coefficient (Wildman–Crippen LogP) is 3.88. The molecule has 4 aromatic rings. The molecule has 2 aromatic heterocycles. The van der Waals surface area contributed by atoms with E-state index in [4.69, 9.17) is 0 Å². The fourth-order valence-electron chi connectivity index (χ4n) is 3.89. The van der Waals surface area contributed by atoms with Crippen molar-refractivity contribution in [3.63, 3.8) is 0 Å². The van der Waals surface area contributed by atoms with E-state index in [9.17, 15) is 14.9 Å². The molecule has 1 amide bonds. The molecule has 0 saturated carbocycles. The van der Waals surface area contributed by atoms with Crippen molar-refractivity contribution in [2.24, 2.45) is 0 Å². The standard InChI is InChI=1S/C26H26N6O2S/c1-18-19(2)32(16-21-11-7-4-8-12-21)24(22(18)15-27)28-23(33)17-35-26-30-29-25(34)31(26)14-13-20-9-5-3-6-10-20/h3-12H,13-14,16-17H2,1-2H3,(H,28,33)(H,29,34). The van der Waals surface area contributed by atoms with Crippen molar-refractivity contribution in [3.8, 4) is 6.07 Å². The number of H-pyrrole nitrogens is 1. The molecule has 0 bridgehead atoms. The SMILES string of the molecule is Cc1c(C#N)c(NC(=O)CSc2n[nH]c(=O)n2CCc2ccccc2)n(Cc2ccccc2)c1C. The van der Waals surface area contributed by atoms with Crippen LogP contribution in [0.25, 0.3) is 0 Å². The van der Waals surface area contributed by atoms with Crippen LogP contribution in [-0.2, 0) is 24.3 Å². The summed E-state index contributed by atoms with van der Waals surface area (Å²) in [5, 5.41) is 19.7. The number of amides is 1. The first-order valence-electron chi connectivity index (χ1n) is 11.2. The molecule has 0 spiro atoms. The monoisotopic (exact) mass is 486 g/mol. The van der Waals surface area contributed by atoms with Crippen molar-refractivity contribution < 1.29 is 4.79 Å². The summed E-state index contributed by atoms with van der Waals surface area (Å²) < 4.78 is 3.49. The Hall–Kier alpha value is -4.03. The summed E-state index contributed by atoms with van der Waals surface area (Å²) in [6, 6.07) is 22.0. The zero-order chi connectivity index (χ0) is 24.8. The number of aryl methyl sites for hydroxylation is 1. The minimum Gasteiger partial charge on any atom is -0.326 e. The zero-order valence-corrected chi connectivity index (χ0v) is 20.4. The van der Waals surface area contributed by atoms with Crippen LogP contribution < -0.4 is 11.0 Å². The van der Waals surface area contributed by atoms with Gasteiger partial charge in [-0.25, -0.2) is 9.89 Å². The second kappa shape index (κ2) is 10.9. The third-order valence-corrected chi connectivity index (χ3v) is 6.88. The van der Waals surface area contributed by atoms with Crippen LogP contribution >= 0.6 is 11.8 Å². The Labute approximate surface area is 207 Å². The Kier molecular flexibility index (Phi) is 7.53. The van der Waals surface area contributed by atoms with E-state index in [1.807, 2.05) is 79.1 Å². The van der Waals surface area contributed by atoms with Crippen LogP contribution in [0.5, 0.6) is 0 Å². The number of anilines is 1. The largest absolute Gasteiger partial charge is 0.343 e. The summed E-state index contributed by atoms with van der Waals surface area (Å²) in [6.45, 7) is 4.82. The van der Waals surface area contributed by atoms with Gasteiger partial charge in [0.2, 0.25) is 5.91 Å². The Morgan fingerprint density at radius 1 is 1.06 bits per heavy atom. The van der Waals surface area contributed by atoms with E-state index in [1.54, 1.807) is 0 Å². The molecule has 9 heteroatoms. The molecule has 0 aliphatic carbocycles. The van der Waals surface area contributed by atoms with Gasteiger partial charge in [0.1, 0.15) is 11.9 Å². The molecule has 0 unspecified atom stereocenters. The van der Waals surface area contributed by atoms with E-state index in [0.29, 0.717) is 36.0 Å². The second-order valence-electron chi connectivity index (χ2n) is 8.15. The smallest absolute Gasteiger partial charge is 0.326 e. The topological polar surface area (TPSA) is 108 Å². The van der Waals surface area contributed by atoms with Crippen LogP contribution in [0.4, 0.5) is 5.82 Å². The van der Waals surface area contributed by atoms with Gasteiger partial charge in [-0.15, -0.1) is 5.10 Å². The van der Waals surface area contributed by atoms with E-state index in [0.717, 1.165) is 22.4 Å². The molecule has 0 radical (unpaired) electrons. The molecule has 0 atom stereocenters. The lowest BCUT2D eigenvalue weighted by Gasteiger charge is -2.13. The summed E-state index contributed by atoms with van der Waals surface area (Å²) in [4.78, 5) is 25.1. The van der Waals surface area contributed by atoms with E-state index in [1.165, 1.54) is 16.3 Å². The van der Waals surface area contributed by atoms with Crippen LogP contribution in [0, 0.1) is 25.2 Å². The van der Waals surface area contributed by atoms with Crippen molar-refractivity contribution in [1.29, 1.82) is 5.26 Å². The van der Waals surface area contributed by atoms with E-state index < -0.39 is 0 Å². The van der Waals surface area contributed by atoms with E-state index >= 15 is 0 Å². The van der Waals surface area contributed by atoms with Gasteiger partial charge in [0.25, 0.3) is 0 Å². The molecule has 0 aliphatic heterocycles. The van der Waals surface area contributed by atoms with E-state index in [2.05, 4.69) is 21.6 Å². The number of nitrogens with one attached hydrogen (secondary N) is 2. The Bertz CT molecular complexity index is 1410. The van der Waals surface area contributed by atoms with E-state index in [-0.39, 0.29) is 17.3 Å². The van der Waals surface area contributed by atoms with Crippen molar-refractivity contribution in [3.05, 3.63) is 99.1 Å². The first-order valence-corrected chi connectivity index (χ1v) is 12.2. The highest BCUT2D eigenvalue weighted by molar-refractivity contribution is 7.99. The van der Waals surface area contributed by atoms with Crippen molar-refractivity contribution in [1.82, 2.24) is 19.3 Å². The molecule has 2 heterocycles. The maximum absolute atomic E-state index is 12.9. The first-order chi connectivity index (χ1) is 17.0. The number of aromatic amines is 1. The van der Waals surface area contributed by atoms with Crippen LogP contribution in [0.1, 0.15) is 27.9 Å². The van der Waals surface area contributed by atoms with Gasteiger partial charge in [0, 0.05) is 18.8 Å². The maximum Gasteiger partial charge on any atom is 0.343 e. The molecule has 4 rings (SSSR count). The normalized spacial score (nSPS) is 10.8. The number of aromatic nitrogens is 4. The average molecular weight is 487 g/mol. The van der Waals surface area contributed by atoms with Crippen molar-refractivity contribution in [2.45, 2.75) is 38.5 Å². The molecule has 178 valence electrons. The Morgan fingerprint density at radius 2 is 1.71 bits per heavy atom. The number of rotatable bonds is 9. The second-order valence-corrected chi connectivity index (χ2v) is 9.10. The van der Waals surface area contributed by atoms with Gasteiger partial charge in [-0.2, -0.15) is 5.26 Å². The molecule has 0 aliphatic rings. The Balaban J connectivity index is 1.47. The third kappa shape index (κ3) is 5.55. The molecule has 0 saturated heterocycles. The highest BCUT2D eigenvalue weighted by Gasteiger charge is 2.20.